The fourth-order valence-electron chi connectivity index (χ4n) is 1.63. The molecule has 0 fully saturated rings. The third-order valence-electron chi connectivity index (χ3n) is 2.45. The van der Waals surface area contributed by atoms with Crippen molar-refractivity contribution in [3.8, 4) is 17.2 Å². The van der Waals surface area contributed by atoms with E-state index in [-0.39, 0.29) is 0 Å². The molecular formula is C14H10ClN. The Labute approximate surface area is 99.9 Å². The second-order valence-electron chi connectivity index (χ2n) is 3.67. The first-order chi connectivity index (χ1) is 7.70. The lowest BCUT2D eigenvalue weighted by Gasteiger charge is -2.05. The van der Waals surface area contributed by atoms with Gasteiger partial charge in [-0.1, -0.05) is 35.9 Å². The molecule has 0 aliphatic carbocycles. The van der Waals surface area contributed by atoms with E-state index in [1.807, 2.05) is 49.4 Å². The molecule has 2 aromatic carbocycles. The fourth-order valence-corrected chi connectivity index (χ4v) is 1.76. The van der Waals surface area contributed by atoms with Crippen LogP contribution in [0, 0.1) is 18.3 Å². The summed E-state index contributed by atoms with van der Waals surface area (Å²) >= 11 is 5.83. The van der Waals surface area contributed by atoms with Crippen molar-refractivity contribution < 1.29 is 0 Å². The van der Waals surface area contributed by atoms with Crippen molar-refractivity contribution in [1.82, 2.24) is 0 Å². The molecule has 16 heavy (non-hydrogen) atoms. The van der Waals surface area contributed by atoms with Gasteiger partial charge in [0.25, 0.3) is 0 Å². The van der Waals surface area contributed by atoms with Gasteiger partial charge in [0.2, 0.25) is 0 Å². The Morgan fingerprint density at radius 1 is 1.06 bits per heavy atom. The van der Waals surface area contributed by atoms with Gasteiger partial charge in [0, 0.05) is 5.02 Å². The third kappa shape index (κ3) is 2.08. The molecule has 0 radical (unpaired) electrons. The largest absolute Gasteiger partial charge is 0.192 e. The van der Waals surface area contributed by atoms with Crippen molar-refractivity contribution >= 4 is 11.6 Å². The number of aryl methyl sites for hydroxylation is 1. The van der Waals surface area contributed by atoms with Gasteiger partial charge < -0.3 is 0 Å². The van der Waals surface area contributed by atoms with E-state index in [2.05, 4.69) is 6.07 Å². The normalized spacial score (nSPS) is 9.81. The first kappa shape index (κ1) is 10.7. The zero-order valence-electron chi connectivity index (χ0n) is 8.87. The summed E-state index contributed by atoms with van der Waals surface area (Å²) in [6, 6.07) is 15.6. The van der Waals surface area contributed by atoms with Crippen LogP contribution in [0.5, 0.6) is 0 Å². The van der Waals surface area contributed by atoms with Crippen LogP contribution < -0.4 is 0 Å². The van der Waals surface area contributed by atoms with Crippen LogP contribution in [0.15, 0.2) is 42.5 Å². The summed E-state index contributed by atoms with van der Waals surface area (Å²) in [6.07, 6.45) is 0. The number of nitriles is 1. The second kappa shape index (κ2) is 4.38. The molecule has 0 spiro atoms. The SMILES string of the molecule is Cc1ccc(-c2ccc(Cl)cc2)c(C#N)c1. The molecule has 1 nitrogen and oxygen atoms in total. The van der Waals surface area contributed by atoms with Crippen LogP contribution >= 0.6 is 11.6 Å². The van der Waals surface area contributed by atoms with Crippen LogP contribution in [0.1, 0.15) is 11.1 Å². The summed E-state index contributed by atoms with van der Waals surface area (Å²) < 4.78 is 0. The lowest BCUT2D eigenvalue weighted by molar-refractivity contribution is 1.42. The summed E-state index contributed by atoms with van der Waals surface area (Å²) in [4.78, 5) is 0. The van der Waals surface area contributed by atoms with Crippen LogP contribution in [0.4, 0.5) is 0 Å². The molecule has 0 aromatic heterocycles. The van der Waals surface area contributed by atoms with Gasteiger partial charge in [-0.2, -0.15) is 5.26 Å². The van der Waals surface area contributed by atoms with Gasteiger partial charge in [-0.3, -0.25) is 0 Å². The number of rotatable bonds is 1. The lowest BCUT2D eigenvalue weighted by atomic mass is 9.99. The Morgan fingerprint density at radius 2 is 1.75 bits per heavy atom. The van der Waals surface area contributed by atoms with Crippen molar-refractivity contribution in [3.05, 3.63) is 58.6 Å². The number of benzene rings is 2. The second-order valence-corrected chi connectivity index (χ2v) is 4.10. The molecule has 0 saturated heterocycles. The molecule has 2 aromatic rings. The highest BCUT2D eigenvalue weighted by Gasteiger charge is 2.04. The number of nitrogens with zero attached hydrogens (tertiary/aromatic N) is 1. The number of hydrogen-bond donors (Lipinski definition) is 0. The third-order valence-corrected chi connectivity index (χ3v) is 2.70. The Morgan fingerprint density at radius 3 is 2.38 bits per heavy atom. The van der Waals surface area contributed by atoms with Crippen LogP contribution in [-0.4, -0.2) is 0 Å². The Bertz CT molecular complexity index is 550. The maximum atomic E-state index is 9.08. The minimum Gasteiger partial charge on any atom is -0.192 e. The summed E-state index contributed by atoms with van der Waals surface area (Å²) in [7, 11) is 0. The van der Waals surface area contributed by atoms with E-state index in [1.54, 1.807) is 0 Å². The summed E-state index contributed by atoms with van der Waals surface area (Å²) in [5.74, 6) is 0. The Balaban J connectivity index is 2.56. The van der Waals surface area contributed by atoms with E-state index in [4.69, 9.17) is 16.9 Å². The van der Waals surface area contributed by atoms with Crippen molar-refractivity contribution in [2.45, 2.75) is 6.92 Å². The molecule has 0 N–H and O–H groups in total. The standard InChI is InChI=1S/C14H10ClN/c1-10-2-7-14(12(8-10)9-16)11-3-5-13(15)6-4-11/h2-8H,1H3. The average molecular weight is 228 g/mol. The van der Waals surface area contributed by atoms with E-state index in [0.717, 1.165) is 16.7 Å². The van der Waals surface area contributed by atoms with Gasteiger partial charge in [0.15, 0.2) is 0 Å². The van der Waals surface area contributed by atoms with E-state index in [1.165, 1.54) is 0 Å². The molecule has 0 aliphatic rings. The Hall–Kier alpha value is -1.78. The van der Waals surface area contributed by atoms with Gasteiger partial charge in [0.05, 0.1) is 11.6 Å². The van der Waals surface area contributed by atoms with E-state index in [0.29, 0.717) is 10.6 Å². The van der Waals surface area contributed by atoms with Crippen LogP contribution in [-0.2, 0) is 0 Å². The smallest absolute Gasteiger partial charge is 0.0998 e. The highest BCUT2D eigenvalue weighted by atomic mass is 35.5. The molecule has 0 heterocycles. The fraction of sp³-hybridized carbons (Fsp3) is 0.0714. The zero-order valence-corrected chi connectivity index (χ0v) is 9.62. The summed E-state index contributed by atoms with van der Waals surface area (Å²) in [5, 5.41) is 9.79. The molecule has 0 bridgehead atoms. The predicted octanol–water partition coefficient (Wildman–Crippen LogP) is 4.19. The van der Waals surface area contributed by atoms with Crippen LogP contribution in [0.2, 0.25) is 5.02 Å². The molecule has 78 valence electrons. The maximum Gasteiger partial charge on any atom is 0.0998 e. The monoisotopic (exact) mass is 227 g/mol. The van der Waals surface area contributed by atoms with Crippen molar-refractivity contribution in [1.29, 1.82) is 5.26 Å². The van der Waals surface area contributed by atoms with Gasteiger partial charge >= 0.3 is 0 Å². The van der Waals surface area contributed by atoms with Crippen LogP contribution in [0.25, 0.3) is 11.1 Å². The molecule has 0 aliphatic heterocycles. The highest BCUT2D eigenvalue weighted by Crippen LogP contribution is 2.25. The van der Waals surface area contributed by atoms with Gasteiger partial charge in [0.1, 0.15) is 0 Å². The molecule has 0 atom stereocenters. The quantitative estimate of drug-likeness (QED) is 0.717. The molecule has 2 heteroatoms. The Kier molecular flexibility index (Phi) is 2.94. The van der Waals surface area contributed by atoms with Gasteiger partial charge in [-0.15, -0.1) is 0 Å². The van der Waals surface area contributed by atoms with Gasteiger partial charge in [-0.25, -0.2) is 0 Å². The lowest BCUT2D eigenvalue weighted by Crippen LogP contribution is -1.85. The summed E-state index contributed by atoms with van der Waals surface area (Å²) in [6.45, 7) is 1.98. The molecule has 0 saturated carbocycles. The topological polar surface area (TPSA) is 23.8 Å². The first-order valence-electron chi connectivity index (χ1n) is 4.97. The molecule has 0 unspecified atom stereocenters. The zero-order chi connectivity index (χ0) is 11.5. The average Bonchev–Trinajstić information content (AvgIpc) is 2.30. The maximum absolute atomic E-state index is 9.08. The van der Waals surface area contributed by atoms with E-state index in [9.17, 15) is 0 Å². The van der Waals surface area contributed by atoms with Crippen LogP contribution in [0.3, 0.4) is 0 Å². The van der Waals surface area contributed by atoms with Crippen molar-refractivity contribution in [2.75, 3.05) is 0 Å². The highest BCUT2D eigenvalue weighted by molar-refractivity contribution is 6.30. The number of halogens is 1. The summed E-state index contributed by atoms with van der Waals surface area (Å²) in [5.41, 5.74) is 3.75. The molecular weight excluding hydrogens is 218 g/mol. The first-order valence-corrected chi connectivity index (χ1v) is 5.35. The minimum atomic E-state index is 0.697. The molecule has 0 amide bonds. The minimum absolute atomic E-state index is 0.697. The van der Waals surface area contributed by atoms with E-state index >= 15 is 0 Å². The molecule has 2 rings (SSSR count). The number of hydrogen-bond acceptors (Lipinski definition) is 1. The van der Waals surface area contributed by atoms with Crippen molar-refractivity contribution in [3.63, 3.8) is 0 Å². The van der Waals surface area contributed by atoms with E-state index < -0.39 is 0 Å². The van der Waals surface area contributed by atoms with Crippen molar-refractivity contribution in [2.24, 2.45) is 0 Å². The predicted molar refractivity (Wildman–Crippen MR) is 66.3 cm³/mol. The van der Waals surface area contributed by atoms with Gasteiger partial charge in [-0.05, 0) is 41.8 Å².